The van der Waals surface area contributed by atoms with Gasteiger partial charge in [-0.15, -0.1) is 11.8 Å². The van der Waals surface area contributed by atoms with Crippen LogP contribution in [0.5, 0.6) is 0 Å². The molecule has 0 aromatic heterocycles. The molecule has 4 rings (SSSR count). The zero-order chi connectivity index (χ0) is 23.2. The maximum atomic E-state index is 13.0. The van der Waals surface area contributed by atoms with Gasteiger partial charge in [-0.2, -0.15) is 0 Å². The number of thioether (sulfide) groups is 1. The minimum atomic E-state index is -0.775. The van der Waals surface area contributed by atoms with Gasteiger partial charge in [0.15, 0.2) is 6.04 Å². The van der Waals surface area contributed by atoms with Gasteiger partial charge in [-0.1, -0.05) is 30.3 Å². The highest BCUT2D eigenvalue weighted by molar-refractivity contribution is 8.00. The number of amides is 2. The van der Waals surface area contributed by atoms with Gasteiger partial charge in [0, 0.05) is 24.0 Å². The normalized spacial score (nSPS) is 18.8. The quantitative estimate of drug-likeness (QED) is 0.454. The van der Waals surface area contributed by atoms with E-state index in [1.54, 1.807) is 17.0 Å². The summed E-state index contributed by atoms with van der Waals surface area (Å²) in [5.74, 6) is -0.545. The summed E-state index contributed by atoms with van der Waals surface area (Å²) in [6.07, 6.45) is 0.600. The van der Waals surface area contributed by atoms with Crippen LogP contribution in [0.4, 0.5) is 9.18 Å². The van der Waals surface area contributed by atoms with Crippen LogP contribution in [0.1, 0.15) is 18.4 Å². The average Bonchev–Trinajstić information content (AvgIpc) is 3.24. The Morgan fingerprint density at radius 3 is 2.45 bits per heavy atom. The topological polar surface area (TPSA) is 76.2 Å². The van der Waals surface area contributed by atoms with Crippen molar-refractivity contribution in [1.29, 1.82) is 0 Å². The minimum absolute atomic E-state index is 0.00871. The van der Waals surface area contributed by atoms with E-state index in [0.29, 0.717) is 25.9 Å². The molecule has 0 N–H and O–H groups in total. The number of hydrogen-bond acceptors (Lipinski definition) is 6. The molecule has 7 nitrogen and oxygen atoms in total. The maximum Gasteiger partial charge on any atom is 0.410 e. The first-order valence-electron chi connectivity index (χ1n) is 10.8. The van der Waals surface area contributed by atoms with Crippen LogP contribution in [0, 0.1) is 5.82 Å². The second-order valence-corrected chi connectivity index (χ2v) is 9.00. The van der Waals surface area contributed by atoms with Gasteiger partial charge in [-0.25, -0.2) is 14.0 Å². The van der Waals surface area contributed by atoms with Crippen LogP contribution in [0.15, 0.2) is 59.5 Å². The number of nitrogens with zero attached hydrogens (tertiary/aromatic N) is 2. The summed E-state index contributed by atoms with van der Waals surface area (Å²) >= 11 is 1.36. The first-order valence-corrected chi connectivity index (χ1v) is 11.8. The molecule has 0 bridgehead atoms. The fraction of sp³-hybridized carbons (Fsp3) is 0.375. The van der Waals surface area contributed by atoms with Crippen LogP contribution in [0.2, 0.25) is 0 Å². The lowest BCUT2D eigenvalue weighted by Crippen LogP contribution is -2.52. The van der Waals surface area contributed by atoms with Gasteiger partial charge >= 0.3 is 12.1 Å². The number of hydrogen-bond donors (Lipinski definition) is 0. The van der Waals surface area contributed by atoms with Crippen molar-refractivity contribution in [2.24, 2.45) is 0 Å². The Morgan fingerprint density at radius 1 is 1.06 bits per heavy atom. The van der Waals surface area contributed by atoms with Crippen LogP contribution in [0.25, 0.3) is 0 Å². The third-order valence-electron chi connectivity index (χ3n) is 5.79. The number of carbonyl (C=O) groups excluding carboxylic acids is 3. The lowest BCUT2D eigenvalue weighted by Gasteiger charge is -2.37. The standard InChI is InChI=1S/C24H25FN2O5S/c25-18-6-8-20(9-7-18)33-16-22(28)26-12-10-19(11-13-26)27-21(15-32-24(27)30)23(29)31-14-17-4-2-1-3-5-17/h1-9,19,21H,10-16H2/t21-/m0/s1. The van der Waals surface area contributed by atoms with Crippen molar-refractivity contribution < 1.29 is 28.2 Å². The number of halogens is 1. The van der Waals surface area contributed by atoms with Crippen molar-refractivity contribution in [2.75, 3.05) is 25.4 Å². The zero-order valence-electron chi connectivity index (χ0n) is 18.0. The molecule has 2 aromatic rings. The predicted octanol–water partition coefficient (Wildman–Crippen LogP) is 3.47. The third-order valence-corrected chi connectivity index (χ3v) is 6.79. The maximum absolute atomic E-state index is 13.0. The summed E-state index contributed by atoms with van der Waals surface area (Å²) in [5, 5.41) is 0. The second kappa shape index (κ2) is 10.7. The summed E-state index contributed by atoms with van der Waals surface area (Å²) < 4.78 is 23.6. The lowest BCUT2D eigenvalue weighted by molar-refractivity contribution is -0.150. The van der Waals surface area contributed by atoms with Gasteiger partial charge in [0.2, 0.25) is 5.91 Å². The Bertz CT molecular complexity index is 980. The molecule has 2 aromatic carbocycles. The van der Waals surface area contributed by atoms with E-state index in [9.17, 15) is 18.8 Å². The zero-order valence-corrected chi connectivity index (χ0v) is 18.8. The van der Waals surface area contributed by atoms with E-state index >= 15 is 0 Å². The molecule has 33 heavy (non-hydrogen) atoms. The Hall–Kier alpha value is -3.07. The SMILES string of the molecule is O=C(OCc1ccccc1)[C@@H]1COC(=O)N1C1CCN(C(=O)CSc2ccc(F)cc2)CC1. The van der Waals surface area contributed by atoms with E-state index < -0.39 is 18.1 Å². The van der Waals surface area contributed by atoms with Crippen LogP contribution < -0.4 is 0 Å². The molecule has 0 unspecified atom stereocenters. The number of likely N-dealkylation sites (tertiary alicyclic amines) is 1. The molecule has 0 spiro atoms. The molecule has 2 aliphatic heterocycles. The first kappa shape index (κ1) is 23.1. The first-order chi connectivity index (χ1) is 16.0. The summed E-state index contributed by atoms with van der Waals surface area (Å²) in [5.41, 5.74) is 0.868. The molecule has 9 heteroatoms. The van der Waals surface area contributed by atoms with Gasteiger partial charge in [0.1, 0.15) is 19.0 Å². The van der Waals surface area contributed by atoms with Crippen molar-refractivity contribution in [3.63, 3.8) is 0 Å². The molecule has 2 amide bonds. The number of cyclic esters (lactones) is 1. The van der Waals surface area contributed by atoms with E-state index in [-0.39, 0.29) is 36.7 Å². The molecular weight excluding hydrogens is 447 g/mol. The summed E-state index contributed by atoms with van der Waals surface area (Å²) in [7, 11) is 0. The van der Waals surface area contributed by atoms with E-state index in [2.05, 4.69) is 0 Å². The molecule has 2 heterocycles. The van der Waals surface area contributed by atoms with Gasteiger partial charge in [-0.3, -0.25) is 9.69 Å². The number of esters is 1. The van der Waals surface area contributed by atoms with E-state index in [1.165, 1.54) is 28.8 Å². The molecule has 0 saturated carbocycles. The van der Waals surface area contributed by atoms with E-state index in [1.807, 2.05) is 30.3 Å². The Morgan fingerprint density at radius 2 is 1.76 bits per heavy atom. The number of ether oxygens (including phenoxy) is 2. The van der Waals surface area contributed by atoms with Crippen LogP contribution >= 0.6 is 11.8 Å². The Labute approximate surface area is 195 Å². The summed E-state index contributed by atoms with van der Waals surface area (Å²) in [6.45, 7) is 1.09. The molecule has 1 atom stereocenters. The monoisotopic (exact) mass is 472 g/mol. The fourth-order valence-corrected chi connectivity index (χ4v) is 4.80. The highest BCUT2D eigenvalue weighted by Gasteiger charge is 2.44. The second-order valence-electron chi connectivity index (χ2n) is 7.95. The van der Waals surface area contributed by atoms with Crippen molar-refractivity contribution in [2.45, 2.75) is 36.4 Å². The molecule has 0 radical (unpaired) electrons. The van der Waals surface area contributed by atoms with Gasteiger partial charge in [0.25, 0.3) is 0 Å². The summed E-state index contributed by atoms with van der Waals surface area (Å²) in [4.78, 5) is 41.6. The van der Waals surface area contributed by atoms with Crippen LogP contribution in [-0.4, -0.2) is 65.3 Å². The fourth-order valence-electron chi connectivity index (χ4n) is 4.00. The number of rotatable bonds is 7. The number of benzene rings is 2. The number of piperidine rings is 1. The smallest absolute Gasteiger partial charge is 0.410 e. The minimum Gasteiger partial charge on any atom is -0.459 e. The molecule has 2 aliphatic rings. The van der Waals surface area contributed by atoms with Gasteiger partial charge in [0.05, 0.1) is 5.75 Å². The average molecular weight is 473 g/mol. The largest absolute Gasteiger partial charge is 0.459 e. The molecule has 2 saturated heterocycles. The Balaban J connectivity index is 1.27. The summed E-state index contributed by atoms with van der Waals surface area (Å²) in [6, 6.07) is 14.4. The van der Waals surface area contributed by atoms with Crippen molar-refractivity contribution in [3.8, 4) is 0 Å². The molecule has 2 fully saturated rings. The number of carbonyl (C=O) groups is 3. The lowest BCUT2D eigenvalue weighted by atomic mass is 10.0. The predicted molar refractivity (Wildman–Crippen MR) is 120 cm³/mol. The highest BCUT2D eigenvalue weighted by atomic mass is 32.2. The van der Waals surface area contributed by atoms with Crippen molar-refractivity contribution >= 4 is 29.7 Å². The van der Waals surface area contributed by atoms with Crippen molar-refractivity contribution in [1.82, 2.24) is 9.80 Å². The highest BCUT2D eigenvalue weighted by Crippen LogP contribution is 2.26. The van der Waals surface area contributed by atoms with Crippen LogP contribution in [-0.2, 0) is 25.7 Å². The van der Waals surface area contributed by atoms with Crippen molar-refractivity contribution in [3.05, 3.63) is 66.0 Å². The van der Waals surface area contributed by atoms with Gasteiger partial charge in [-0.05, 0) is 42.7 Å². The van der Waals surface area contributed by atoms with E-state index in [4.69, 9.17) is 9.47 Å². The molecular formula is C24H25FN2O5S. The molecule has 174 valence electrons. The molecule has 0 aliphatic carbocycles. The van der Waals surface area contributed by atoms with Gasteiger partial charge < -0.3 is 14.4 Å². The third kappa shape index (κ3) is 5.84. The van der Waals surface area contributed by atoms with Crippen LogP contribution in [0.3, 0.4) is 0 Å². The Kier molecular flexibility index (Phi) is 7.49. The van der Waals surface area contributed by atoms with E-state index in [0.717, 1.165) is 10.5 Å².